The number of hydrogen-bond acceptors (Lipinski definition) is 2. The minimum absolute atomic E-state index is 0.234. The zero-order chi connectivity index (χ0) is 14.0. The lowest BCUT2D eigenvalue weighted by Gasteiger charge is -2.18. The Bertz CT molecular complexity index is 654. The number of anilines is 1. The molecule has 0 aliphatic carbocycles. The summed E-state index contributed by atoms with van der Waals surface area (Å²) >= 11 is 0. The topological polar surface area (TPSA) is 53.2 Å². The maximum atomic E-state index is 12.3. The van der Waals surface area contributed by atoms with Gasteiger partial charge in [0.05, 0.1) is 0 Å². The SMILES string of the molecule is Cc1cc(C)cc(N(C)C(=O)c2cccc(=O)[nH]2)c1. The summed E-state index contributed by atoms with van der Waals surface area (Å²) < 4.78 is 0. The molecule has 1 aromatic heterocycles. The predicted octanol–water partition coefficient (Wildman–Crippen LogP) is 2.27. The molecule has 0 aliphatic heterocycles. The summed E-state index contributed by atoms with van der Waals surface area (Å²) in [5, 5.41) is 0. The molecule has 1 heterocycles. The van der Waals surface area contributed by atoms with Gasteiger partial charge in [-0.1, -0.05) is 12.1 Å². The highest BCUT2D eigenvalue weighted by Gasteiger charge is 2.14. The number of benzene rings is 1. The highest BCUT2D eigenvalue weighted by Crippen LogP contribution is 2.18. The second kappa shape index (κ2) is 5.10. The Hall–Kier alpha value is -2.36. The number of rotatable bonds is 2. The molecule has 0 atom stereocenters. The number of pyridine rings is 1. The van der Waals surface area contributed by atoms with Crippen molar-refractivity contribution in [1.82, 2.24) is 4.98 Å². The van der Waals surface area contributed by atoms with Crippen LogP contribution in [-0.4, -0.2) is 17.9 Å². The first kappa shape index (κ1) is 13.1. The van der Waals surface area contributed by atoms with Crippen molar-refractivity contribution in [2.45, 2.75) is 13.8 Å². The van der Waals surface area contributed by atoms with E-state index in [9.17, 15) is 9.59 Å². The molecular formula is C15H16N2O2. The third kappa shape index (κ3) is 2.91. The summed E-state index contributed by atoms with van der Waals surface area (Å²) in [6.07, 6.45) is 0. The Morgan fingerprint density at radius 3 is 2.32 bits per heavy atom. The fraction of sp³-hybridized carbons (Fsp3) is 0.200. The Morgan fingerprint density at radius 1 is 1.11 bits per heavy atom. The van der Waals surface area contributed by atoms with Crippen LogP contribution in [0.15, 0.2) is 41.2 Å². The lowest BCUT2D eigenvalue weighted by atomic mass is 10.1. The van der Waals surface area contributed by atoms with E-state index in [0.717, 1.165) is 16.8 Å². The van der Waals surface area contributed by atoms with E-state index < -0.39 is 0 Å². The van der Waals surface area contributed by atoms with Crippen molar-refractivity contribution in [1.29, 1.82) is 0 Å². The molecule has 2 rings (SSSR count). The lowest BCUT2D eigenvalue weighted by molar-refractivity contribution is 0.0988. The highest BCUT2D eigenvalue weighted by atomic mass is 16.2. The van der Waals surface area contributed by atoms with Gasteiger partial charge in [0, 0.05) is 18.8 Å². The van der Waals surface area contributed by atoms with E-state index in [2.05, 4.69) is 4.98 Å². The summed E-state index contributed by atoms with van der Waals surface area (Å²) in [4.78, 5) is 27.6. The molecule has 0 fully saturated rings. The van der Waals surface area contributed by atoms with Gasteiger partial charge in [-0.05, 0) is 43.2 Å². The molecule has 0 bridgehead atoms. The average Bonchev–Trinajstić information content (AvgIpc) is 2.36. The predicted molar refractivity (Wildman–Crippen MR) is 75.7 cm³/mol. The summed E-state index contributed by atoms with van der Waals surface area (Å²) in [6, 6.07) is 10.5. The number of nitrogens with zero attached hydrogens (tertiary/aromatic N) is 1. The molecule has 1 aromatic carbocycles. The summed E-state index contributed by atoms with van der Waals surface area (Å²) in [5.41, 5.74) is 3.01. The molecule has 0 saturated carbocycles. The first-order valence-corrected chi connectivity index (χ1v) is 6.03. The van der Waals surface area contributed by atoms with E-state index in [4.69, 9.17) is 0 Å². The van der Waals surface area contributed by atoms with Crippen molar-refractivity contribution in [3.8, 4) is 0 Å². The fourth-order valence-electron chi connectivity index (χ4n) is 2.01. The normalized spacial score (nSPS) is 10.3. The van der Waals surface area contributed by atoms with Gasteiger partial charge >= 0.3 is 0 Å². The van der Waals surface area contributed by atoms with Gasteiger partial charge in [0.25, 0.3) is 5.91 Å². The van der Waals surface area contributed by atoms with Crippen LogP contribution in [0.3, 0.4) is 0 Å². The van der Waals surface area contributed by atoms with E-state index in [1.54, 1.807) is 19.2 Å². The standard InChI is InChI=1S/C15H16N2O2/c1-10-7-11(2)9-12(8-10)17(3)15(19)13-5-4-6-14(18)16-13/h4-9H,1-3H3,(H,16,18). The molecule has 1 amide bonds. The molecule has 0 saturated heterocycles. The molecule has 0 unspecified atom stereocenters. The van der Waals surface area contributed by atoms with Gasteiger partial charge in [0.2, 0.25) is 5.56 Å². The first-order valence-electron chi connectivity index (χ1n) is 6.03. The number of carbonyl (C=O) groups excluding carboxylic acids is 1. The Labute approximate surface area is 111 Å². The number of aryl methyl sites for hydroxylation is 2. The summed E-state index contributed by atoms with van der Waals surface area (Å²) in [6.45, 7) is 3.97. The number of H-pyrrole nitrogens is 1. The minimum Gasteiger partial charge on any atom is -0.318 e. The second-order valence-corrected chi connectivity index (χ2v) is 4.64. The van der Waals surface area contributed by atoms with E-state index in [-0.39, 0.29) is 17.2 Å². The van der Waals surface area contributed by atoms with Gasteiger partial charge in [0.1, 0.15) is 5.69 Å². The maximum absolute atomic E-state index is 12.3. The summed E-state index contributed by atoms with van der Waals surface area (Å²) in [7, 11) is 1.70. The smallest absolute Gasteiger partial charge is 0.274 e. The maximum Gasteiger partial charge on any atom is 0.274 e. The van der Waals surface area contributed by atoms with Gasteiger partial charge in [-0.2, -0.15) is 0 Å². The van der Waals surface area contributed by atoms with Gasteiger partial charge in [-0.15, -0.1) is 0 Å². The Morgan fingerprint density at radius 2 is 1.74 bits per heavy atom. The molecule has 98 valence electrons. The van der Waals surface area contributed by atoms with E-state index in [0.29, 0.717) is 0 Å². The van der Waals surface area contributed by atoms with Crippen molar-refractivity contribution < 1.29 is 4.79 Å². The molecule has 4 heteroatoms. The zero-order valence-corrected chi connectivity index (χ0v) is 11.2. The quantitative estimate of drug-likeness (QED) is 0.896. The van der Waals surface area contributed by atoms with Crippen LogP contribution in [0.4, 0.5) is 5.69 Å². The monoisotopic (exact) mass is 256 g/mol. The van der Waals surface area contributed by atoms with Gasteiger partial charge in [-0.25, -0.2) is 0 Å². The van der Waals surface area contributed by atoms with Crippen LogP contribution in [0.5, 0.6) is 0 Å². The zero-order valence-electron chi connectivity index (χ0n) is 11.2. The number of carbonyl (C=O) groups is 1. The Kier molecular flexibility index (Phi) is 3.51. The van der Waals surface area contributed by atoms with Crippen LogP contribution in [0.25, 0.3) is 0 Å². The number of hydrogen-bond donors (Lipinski definition) is 1. The third-order valence-corrected chi connectivity index (χ3v) is 2.90. The third-order valence-electron chi connectivity index (χ3n) is 2.90. The highest BCUT2D eigenvalue weighted by molar-refractivity contribution is 6.04. The number of aromatic nitrogens is 1. The van der Waals surface area contributed by atoms with Crippen molar-refractivity contribution in [3.63, 3.8) is 0 Å². The molecule has 19 heavy (non-hydrogen) atoms. The molecule has 1 N–H and O–H groups in total. The van der Waals surface area contributed by atoms with Gasteiger partial charge in [-0.3, -0.25) is 9.59 Å². The number of amides is 1. The van der Waals surface area contributed by atoms with Crippen LogP contribution in [0.1, 0.15) is 21.6 Å². The molecule has 0 aliphatic rings. The molecule has 4 nitrogen and oxygen atoms in total. The molecule has 0 radical (unpaired) electrons. The van der Waals surface area contributed by atoms with Crippen molar-refractivity contribution in [2.24, 2.45) is 0 Å². The largest absolute Gasteiger partial charge is 0.318 e. The van der Waals surface area contributed by atoms with Crippen molar-refractivity contribution >= 4 is 11.6 Å². The molecule has 0 spiro atoms. The van der Waals surface area contributed by atoms with Crippen LogP contribution >= 0.6 is 0 Å². The second-order valence-electron chi connectivity index (χ2n) is 4.64. The minimum atomic E-state index is -0.278. The van der Waals surface area contributed by atoms with Crippen LogP contribution in [0, 0.1) is 13.8 Å². The van der Waals surface area contributed by atoms with Crippen molar-refractivity contribution in [2.75, 3.05) is 11.9 Å². The van der Waals surface area contributed by atoms with Gasteiger partial charge in [0.15, 0.2) is 0 Å². The van der Waals surface area contributed by atoms with Crippen LogP contribution in [-0.2, 0) is 0 Å². The first-order chi connectivity index (χ1) is 8.97. The van der Waals surface area contributed by atoms with E-state index in [1.165, 1.54) is 11.0 Å². The Balaban J connectivity index is 2.36. The van der Waals surface area contributed by atoms with Crippen LogP contribution in [0.2, 0.25) is 0 Å². The van der Waals surface area contributed by atoms with E-state index >= 15 is 0 Å². The number of nitrogens with one attached hydrogen (secondary N) is 1. The van der Waals surface area contributed by atoms with Gasteiger partial charge < -0.3 is 9.88 Å². The lowest BCUT2D eigenvalue weighted by Crippen LogP contribution is -2.28. The molecule has 2 aromatic rings. The summed E-state index contributed by atoms with van der Waals surface area (Å²) in [5.74, 6) is -0.234. The van der Waals surface area contributed by atoms with E-state index in [1.807, 2.05) is 32.0 Å². The average molecular weight is 256 g/mol. The fourth-order valence-corrected chi connectivity index (χ4v) is 2.01. The van der Waals surface area contributed by atoms with Crippen LogP contribution < -0.4 is 10.5 Å². The molecular weight excluding hydrogens is 240 g/mol. The number of aromatic amines is 1. The van der Waals surface area contributed by atoms with Crippen molar-refractivity contribution in [3.05, 3.63) is 63.6 Å².